The summed E-state index contributed by atoms with van der Waals surface area (Å²) in [5, 5.41) is 17.3. The summed E-state index contributed by atoms with van der Waals surface area (Å²) in [4.78, 5) is 47.6. The van der Waals surface area contributed by atoms with Crippen LogP contribution in [0.5, 0.6) is 0 Å². The molecule has 0 aromatic carbocycles. The van der Waals surface area contributed by atoms with Crippen LogP contribution in [0.1, 0.15) is 12.8 Å². The van der Waals surface area contributed by atoms with E-state index in [1.807, 2.05) is 0 Å². The second kappa shape index (κ2) is 5.94. The van der Waals surface area contributed by atoms with Crippen molar-refractivity contribution in [3.05, 3.63) is 28.4 Å². The van der Waals surface area contributed by atoms with Crippen LogP contribution >= 0.6 is 0 Å². The Balaban J connectivity index is 1.91. The number of carbonyl (C=O) groups is 3. The highest BCUT2D eigenvalue weighted by molar-refractivity contribution is 6.02. The molecule has 1 aliphatic heterocycles. The third-order valence-corrected chi connectivity index (χ3v) is 2.74. The first-order chi connectivity index (χ1) is 9.95. The highest BCUT2D eigenvalue weighted by Crippen LogP contribution is 2.12. The molecule has 1 aromatic rings. The van der Waals surface area contributed by atoms with Gasteiger partial charge in [-0.1, -0.05) is 0 Å². The SMILES string of the molecule is O=C1CCC(NC(=O)Nc2ccc([N+](=O)[O-])cn2)C(=O)N1. The molecule has 0 saturated carbocycles. The van der Waals surface area contributed by atoms with Gasteiger partial charge in [-0.05, 0) is 12.5 Å². The topological polar surface area (TPSA) is 143 Å². The Morgan fingerprint density at radius 2 is 2.19 bits per heavy atom. The molecule has 0 radical (unpaired) electrons. The van der Waals surface area contributed by atoms with Crippen LogP contribution in [0.4, 0.5) is 16.3 Å². The number of urea groups is 1. The molecule has 1 aliphatic rings. The van der Waals surface area contributed by atoms with Gasteiger partial charge in [0.25, 0.3) is 5.69 Å². The zero-order valence-electron chi connectivity index (χ0n) is 10.7. The highest BCUT2D eigenvalue weighted by Gasteiger charge is 2.27. The molecular formula is C11H11N5O5. The molecule has 2 rings (SSSR count). The average Bonchev–Trinajstić information content (AvgIpc) is 2.42. The number of hydrogen-bond donors (Lipinski definition) is 3. The summed E-state index contributed by atoms with van der Waals surface area (Å²) >= 11 is 0. The van der Waals surface area contributed by atoms with Gasteiger partial charge in [0.1, 0.15) is 18.1 Å². The van der Waals surface area contributed by atoms with Crippen molar-refractivity contribution in [3.63, 3.8) is 0 Å². The van der Waals surface area contributed by atoms with Crippen molar-refractivity contribution < 1.29 is 19.3 Å². The third-order valence-electron chi connectivity index (χ3n) is 2.74. The standard InChI is InChI=1S/C11H11N5O5/c17-9-4-2-7(10(18)15-9)13-11(19)14-8-3-1-6(5-12-8)16(20)21/h1,3,5,7H,2,4H2,(H,15,17,18)(H2,12,13,14,19). The van der Waals surface area contributed by atoms with E-state index in [4.69, 9.17) is 0 Å². The predicted molar refractivity (Wildman–Crippen MR) is 69.2 cm³/mol. The van der Waals surface area contributed by atoms with Gasteiger partial charge in [0.05, 0.1) is 4.92 Å². The average molecular weight is 293 g/mol. The number of piperidine rings is 1. The number of nitrogens with one attached hydrogen (secondary N) is 3. The fourth-order valence-electron chi connectivity index (χ4n) is 1.71. The molecular weight excluding hydrogens is 282 g/mol. The Morgan fingerprint density at radius 1 is 1.43 bits per heavy atom. The summed E-state index contributed by atoms with van der Waals surface area (Å²) in [6, 6.07) is 0.961. The first kappa shape index (κ1) is 14.4. The summed E-state index contributed by atoms with van der Waals surface area (Å²) < 4.78 is 0. The van der Waals surface area contributed by atoms with Crippen molar-refractivity contribution in [3.8, 4) is 0 Å². The zero-order valence-corrected chi connectivity index (χ0v) is 10.7. The maximum Gasteiger partial charge on any atom is 0.321 e. The lowest BCUT2D eigenvalue weighted by Gasteiger charge is -2.21. The van der Waals surface area contributed by atoms with Crippen LogP contribution in [-0.4, -0.2) is 33.8 Å². The molecule has 1 saturated heterocycles. The van der Waals surface area contributed by atoms with E-state index in [2.05, 4.69) is 20.9 Å². The maximum absolute atomic E-state index is 11.7. The Hall–Kier alpha value is -3.04. The number of aromatic nitrogens is 1. The van der Waals surface area contributed by atoms with Crippen molar-refractivity contribution in [2.24, 2.45) is 0 Å². The number of carbonyl (C=O) groups excluding carboxylic acids is 3. The van der Waals surface area contributed by atoms with Gasteiger partial charge in [-0.15, -0.1) is 0 Å². The van der Waals surface area contributed by atoms with Crippen molar-refractivity contribution in [1.82, 2.24) is 15.6 Å². The minimum absolute atomic E-state index is 0.102. The largest absolute Gasteiger partial charge is 0.326 e. The molecule has 1 atom stereocenters. The van der Waals surface area contributed by atoms with E-state index in [0.717, 1.165) is 6.20 Å². The van der Waals surface area contributed by atoms with Crippen molar-refractivity contribution in [2.45, 2.75) is 18.9 Å². The summed E-state index contributed by atoms with van der Waals surface area (Å²) in [6.07, 6.45) is 1.36. The van der Waals surface area contributed by atoms with E-state index in [9.17, 15) is 24.5 Å². The van der Waals surface area contributed by atoms with Gasteiger partial charge >= 0.3 is 6.03 Å². The van der Waals surface area contributed by atoms with Gasteiger partial charge in [0, 0.05) is 12.5 Å². The first-order valence-corrected chi connectivity index (χ1v) is 5.97. The fraction of sp³-hybridized carbons (Fsp3) is 0.273. The molecule has 4 amide bonds. The second-order valence-electron chi connectivity index (χ2n) is 4.26. The monoisotopic (exact) mass is 293 g/mol. The van der Waals surface area contributed by atoms with Crippen LogP contribution in [0.15, 0.2) is 18.3 Å². The molecule has 1 unspecified atom stereocenters. The van der Waals surface area contributed by atoms with E-state index in [1.54, 1.807) is 0 Å². The van der Waals surface area contributed by atoms with Gasteiger partial charge < -0.3 is 5.32 Å². The molecule has 1 aromatic heterocycles. The Labute approximate surface area is 118 Å². The Morgan fingerprint density at radius 3 is 2.76 bits per heavy atom. The first-order valence-electron chi connectivity index (χ1n) is 5.97. The number of amides is 4. The number of pyridine rings is 1. The molecule has 0 aliphatic carbocycles. The summed E-state index contributed by atoms with van der Waals surface area (Å²) in [5.41, 5.74) is -0.203. The van der Waals surface area contributed by atoms with Gasteiger partial charge in [0.2, 0.25) is 11.8 Å². The molecule has 110 valence electrons. The maximum atomic E-state index is 11.7. The number of nitrogens with zero attached hydrogens (tertiary/aromatic N) is 2. The third kappa shape index (κ3) is 3.72. The number of hydrogen-bond acceptors (Lipinski definition) is 6. The predicted octanol–water partition coefficient (Wildman–Crippen LogP) is -0.0835. The molecule has 21 heavy (non-hydrogen) atoms. The number of nitro groups is 1. The van der Waals surface area contributed by atoms with Crippen molar-refractivity contribution in [2.75, 3.05) is 5.32 Å². The Kier molecular flexibility index (Phi) is 4.07. The smallest absolute Gasteiger partial charge is 0.321 e. The van der Waals surface area contributed by atoms with Crippen LogP contribution < -0.4 is 16.0 Å². The van der Waals surface area contributed by atoms with E-state index in [1.165, 1.54) is 12.1 Å². The minimum atomic E-state index is -0.805. The van der Waals surface area contributed by atoms with Gasteiger partial charge in [-0.3, -0.25) is 30.3 Å². The minimum Gasteiger partial charge on any atom is -0.326 e. The molecule has 0 spiro atoms. The lowest BCUT2D eigenvalue weighted by Crippen LogP contribution is -2.53. The van der Waals surface area contributed by atoms with Crippen LogP contribution in [0.2, 0.25) is 0 Å². The summed E-state index contributed by atoms with van der Waals surface area (Å²) in [7, 11) is 0. The quantitative estimate of drug-likeness (QED) is 0.404. The second-order valence-corrected chi connectivity index (χ2v) is 4.26. The normalized spacial score (nSPS) is 17.8. The highest BCUT2D eigenvalue weighted by atomic mass is 16.6. The molecule has 1 fully saturated rings. The fourth-order valence-corrected chi connectivity index (χ4v) is 1.71. The van der Waals surface area contributed by atoms with Gasteiger partial charge in [-0.25, -0.2) is 9.78 Å². The number of anilines is 1. The van der Waals surface area contributed by atoms with Crippen LogP contribution in [-0.2, 0) is 9.59 Å². The van der Waals surface area contributed by atoms with Crippen LogP contribution in [0.25, 0.3) is 0 Å². The molecule has 2 heterocycles. The van der Waals surface area contributed by atoms with Crippen LogP contribution in [0.3, 0.4) is 0 Å². The van der Waals surface area contributed by atoms with Crippen molar-refractivity contribution >= 4 is 29.4 Å². The van der Waals surface area contributed by atoms with Gasteiger partial charge in [-0.2, -0.15) is 0 Å². The lowest BCUT2D eigenvalue weighted by molar-refractivity contribution is -0.385. The summed E-state index contributed by atoms with van der Waals surface area (Å²) in [5.74, 6) is -0.848. The van der Waals surface area contributed by atoms with Gasteiger partial charge in [0.15, 0.2) is 0 Å². The lowest BCUT2D eigenvalue weighted by atomic mass is 10.1. The number of imide groups is 1. The molecule has 10 heteroatoms. The summed E-state index contributed by atoms with van der Waals surface area (Å²) in [6.45, 7) is 0. The van der Waals surface area contributed by atoms with E-state index in [-0.39, 0.29) is 30.3 Å². The Bertz CT molecular complexity index is 600. The van der Waals surface area contributed by atoms with E-state index in [0.29, 0.717) is 0 Å². The van der Waals surface area contributed by atoms with E-state index < -0.39 is 22.9 Å². The molecule has 3 N–H and O–H groups in total. The van der Waals surface area contributed by atoms with Crippen molar-refractivity contribution in [1.29, 1.82) is 0 Å². The molecule has 10 nitrogen and oxygen atoms in total. The van der Waals surface area contributed by atoms with Crippen LogP contribution in [0, 0.1) is 10.1 Å². The number of rotatable bonds is 3. The van der Waals surface area contributed by atoms with E-state index >= 15 is 0 Å². The zero-order chi connectivity index (χ0) is 15.4. The molecule has 0 bridgehead atoms.